The van der Waals surface area contributed by atoms with Crippen molar-refractivity contribution in [3.8, 4) is 11.1 Å². The molecule has 3 aromatic rings. The molecule has 3 rings (SSSR count). The van der Waals surface area contributed by atoms with E-state index in [1.54, 1.807) is 0 Å². The molecular weight excluding hydrogens is 402 g/mol. The van der Waals surface area contributed by atoms with E-state index in [9.17, 15) is 0 Å². The number of halogens is 2. The predicted molar refractivity (Wildman–Crippen MR) is 88.4 cm³/mol. The van der Waals surface area contributed by atoms with Gasteiger partial charge in [0.25, 0.3) is 0 Å². The third-order valence-corrected chi connectivity index (χ3v) is 4.30. The van der Waals surface area contributed by atoms with Crippen LogP contribution in [0.3, 0.4) is 0 Å². The van der Waals surface area contributed by atoms with E-state index < -0.39 is 0 Å². The number of hydrogen-bond acceptors (Lipinski definition) is 0. The molecule has 119 valence electrons. The van der Waals surface area contributed by atoms with E-state index >= 15 is 0 Å². The van der Waals surface area contributed by atoms with Gasteiger partial charge in [-0.2, -0.15) is 6.07 Å². The molecular formula is C20H21Cl2Zr. The molecule has 0 aliphatic carbocycles. The zero-order chi connectivity index (χ0) is 14.1. The van der Waals surface area contributed by atoms with Gasteiger partial charge < -0.3 is 24.8 Å². The molecule has 0 amide bonds. The zero-order valence-electron chi connectivity index (χ0n) is 13.7. The van der Waals surface area contributed by atoms with E-state index in [1.165, 1.54) is 39.4 Å². The molecule has 23 heavy (non-hydrogen) atoms. The van der Waals surface area contributed by atoms with E-state index in [2.05, 4.69) is 75.4 Å². The first kappa shape index (κ1) is 22.5. The molecule has 0 spiro atoms. The van der Waals surface area contributed by atoms with Gasteiger partial charge >= 0.3 is 26.2 Å². The molecule has 0 aliphatic heterocycles. The minimum absolute atomic E-state index is 0. The predicted octanol–water partition coefficient (Wildman–Crippen LogP) is 0.0531. The first-order valence-corrected chi connectivity index (χ1v) is 7.45. The molecule has 3 aromatic carbocycles. The van der Waals surface area contributed by atoms with Crippen molar-refractivity contribution < 1.29 is 51.0 Å². The van der Waals surface area contributed by atoms with Crippen molar-refractivity contribution >= 4 is 10.8 Å². The Hall–Kier alpha value is -0.487. The summed E-state index contributed by atoms with van der Waals surface area (Å²) in [5.74, 6) is 0.640. The Labute approximate surface area is 171 Å². The summed E-state index contributed by atoms with van der Waals surface area (Å²) < 4.78 is 0. The molecule has 1 atom stereocenters. The molecule has 0 nitrogen and oxygen atoms in total. The van der Waals surface area contributed by atoms with Gasteiger partial charge in [0.1, 0.15) is 0 Å². The van der Waals surface area contributed by atoms with Crippen LogP contribution >= 0.6 is 0 Å². The summed E-state index contributed by atoms with van der Waals surface area (Å²) in [5.41, 5.74) is 5.42. The van der Waals surface area contributed by atoms with Crippen LogP contribution in [-0.4, -0.2) is 0 Å². The van der Waals surface area contributed by atoms with Gasteiger partial charge in [0, 0.05) is 0 Å². The molecule has 1 radical (unpaired) electrons. The molecule has 1 unspecified atom stereocenters. The summed E-state index contributed by atoms with van der Waals surface area (Å²) in [6.45, 7) is 6.69. The Bertz CT molecular complexity index is 729. The second-order valence-electron chi connectivity index (χ2n) is 5.77. The van der Waals surface area contributed by atoms with Crippen LogP contribution in [0.25, 0.3) is 21.9 Å². The average molecular weight is 424 g/mol. The number of fused-ring (bicyclic) bond motifs is 1. The largest absolute Gasteiger partial charge is 3.00 e. The Morgan fingerprint density at radius 3 is 2.26 bits per heavy atom. The van der Waals surface area contributed by atoms with Crippen molar-refractivity contribution in [2.75, 3.05) is 0 Å². The van der Waals surface area contributed by atoms with Gasteiger partial charge in [-0.1, -0.05) is 56.7 Å². The second kappa shape index (κ2) is 9.72. The molecule has 0 saturated carbocycles. The normalized spacial score (nSPS) is 11.1. The summed E-state index contributed by atoms with van der Waals surface area (Å²) in [7, 11) is 0. The van der Waals surface area contributed by atoms with Crippen LogP contribution in [0.4, 0.5) is 0 Å². The molecule has 0 aliphatic rings. The van der Waals surface area contributed by atoms with E-state index in [0.29, 0.717) is 5.92 Å². The van der Waals surface area contributed by atoms with Crippen LogP contribution < -0.4 is 24.8 Å². The summed E-state index contributed by atoms with van der Waals surface area (Å²) in [6.07, 6.45) is 1.19. The third kappa shape index (κ3) is 4.75. The van der Waals surface area contributed by atoms with Gasteiger partial charge in [-0.15, -0.1) is 34.5 Å². The van der Waals surface area contributed by atoms with Gasteiger partial charge in [-0.05, 0) is 23.5 Å². The Morgan fingerprint density at radius 2 is 1.65 bits per heavy atom. The SMILES string of the molecule is CCC(C)c1ccc(-c2cccc3[cH-]c(C)cc23)cc1.[Cl-].[Cl-].[Zr+3]. The molecule has 3 heteroatoms. The summed E-state index contributed by atoms with van der Waals surface area (Å²) in [6, 6.07) is 20.2. The fourth-order valence-corrected chi connectivity index (χ4v) is 2.86. The Kier molecular flexibility index (Phi) is 9.52. The maximum atomic E-state index is 2.29. The van der Waals surface area contributed by atoms with Gasteiger partial charge in [0.2, 0.25) is 0 Å². The van der Waals surface area contributed by atoms with Crippen molar-refractivity contribution in [1.82, 2.24) is 0 Å². The number of aryl methyl sites for hydroxylation is 1. The van der Waals surface area contributed by atoms with E-state index in [4.69, 9.17) is 0 Å². The van der Waals surface area contributed by atoms with E-state index in [0.717, 1.165) is 0 Å². The minimum atomic E-state index is 0. The van der Waals surface area contributed by atoms with E-state index in [1.807, 2.05) is 0 Å². The molecule has 0 aromatic heterocycles. The third-order valence-electron chi connectivity index (χ3n) is 4.30. The van der Waals surface area contributed by atoms with Crippen molar-refractivity contribution in [2.45, 2.75) is 33.1 Å². The van der Waals surface area contributed by atoms with Crippen molar-refractivity contribution in [2.24, 2.45) is 0 Å². The van der Waals surface area contributed by atoms with Crippen LogP contribution in [0.15, 0.2) is 54.6 Å². The second-order valence-corrected chi connectivity index (χ2v) is 5.77. The first-order valence-electron chi connectivity index (χ1n) is 7.45. The van der Waals surface area contributed by atoms with Crippen LogP contribution in [0.1, 0.15) is 37.3 Å². The number of hydrogen-bond donors (Lipinski definition) is 0. The monoisotopic (exact) mass is 421 g/mol. The van der Waals surface area contributed by atoms with Crippen LogP contribution in [-0.2, 0) is 26.2 Å². The molecule has 0 saturated heterocycles. The average Bonchev–Trinajstić information content (AvgIpc) is 2.86. The van der Waals surface area contributed by atoms with Crippen LogP contribution in [0, 0.1) is 6.92 Å². The minimum Gasteiger partial charge on any atom is -1.00 e. The fraction of sp³-hybridized carbons (Fsp3) is 0.250. The van der Waals surface area contributed by atoms with Crippen molar-refractivity contribution in [1.29, 1.82) is 0 Å². The zero-order valence-corrected chi connectivity index (χ0v) is 17.7. The Balaban J connectivity index is 0.00000161. The molecule has 0 N–H and O–H groups in total. The van der Waals surface area contributed by atoms with Crippen LogP contribution in [0.2, 0.25) is 0 Å². The molecule has 0 heterocycles. The summed E-state index contributed by atoms with van der Waals surface area (Å²) in [4.78, 5) is 0. The smallest absolute Gasteiger partial charge is 1.00 e. The van der Waals surface area contributed by atoms with E-state index in [-0.39, 0.29) is 51.0 Å². The summed E-state index contributed by atoms with van der Waals surface area (Å²) >= 11 is 0. The maximum Gasteiger partial charge on any atom is 3.00 e. The maximum absolute atomic E-state index is 2.29. The van der Waals surface area contributed by atoms with Gasteiger partial charge in [-0.3, -0.25) is 0 Å². The van der Waals surface area contributed by atoms with Crippen molar-refractivity contribution in [3.63, 3.8) is 0 Å². The summed E-state index contributed by atoms with van der Waals surface area (Å²) in [5, 5.41) is 2.70. The van der Waals surface area contributed by atoms with Gasteiger partial charge in [0.15, 0.2) is 0 Å². The molecule has 0 bridgehead atoms. The fourth-order valence-electron chi connectivity index (χ4n) is 2.86. The standard InChI is InChI=1S/C20H21.2ClH.Zr/c1-4-15(3)16-8-10-17(11-9-16)19-7-5-6-18-12-14(2)13-20(18)19;;;/h5-13,15H,4H2,1-3H3;2*1H;/q-1;;;+3/p-2. The Morgan fingerprint density at radius 1 is 1.00 bits per heavy atom. The van der Waals surface area contributed by atoms with Crippen LogP contribution in [0.5, 0.6) is 0 Å². The number of rotatable bonds is 3. The topological polar surface area (TPSA) is 0 Å². The quantitative estimate of drug-likeness (QED) is 0.523. The molecule has 0 fully saturated rings. The first-order chi connectivity index (χ1) is 9.69. The van der Waals surface area contributed by atoms with Gasteiger partial charge in [-0.25, -0.2) is 0 Å². The van der Waals surface area contributed by atoms with Gasteiger partial charge in [0.05, 0.1) is 0 Å². The van der Waals surface area contributed by atoms with Crippen molar-refractivity contribution in [3.05, 3.63) is 65.7 Å². The number of benzene rings is 2.